The van der Waals surface area contributed by atoms with Crippen molar-refractivity contribution in [3.8, 4) is 11.1 Å². The number of anilines is 2. The predicted octanol–water partition coefficient (Wildman–Crippen LogP) is 2.99. The number of nitrogens with two attached hydrogens (primary N) is 3. The van der Waals surface area contributed by atoms with Crippen molar-refractivity contribution in [2.45, 2.75) is 4.90 Å². The van der Waals surface area contributed by atoms with Gasteiger partial charge in [0.2, 0.25) is 15.9 Å². The highest BCUT2D eigenvalue weighted by molar-refractivity contribution is 7.89. The summed E-state index contributed by atoms with van der Waals surface area (Å²) >= 11 is 5.83. The van der Waals surface area contributed by atoms with Gasteiger partial charge in [0.25, 0.3) is 5.91 Å². The first-order valence-electron chi connectivity index (χ1n) is 9.16. The Balaban J connectivity index is 1.94. The van der Waals surface area contributed by atoms with Gasteiger partial charge in [-0.3, -0.25) is 9.59 Å². The first kappa shape index (κ1) is 23.0. The fourth-order valence-electron chi connectivity index (χ4n) is 2.93. The first-order valence-corrected chi connectivity index (χ1v) is 11.1. The molecule has 0 fully saturated rings. The van der Waals surface area contributed by atoms with Gasteiger partial charge in [-0.2, -0.15) is 0 Å². The van der Waals surface area contributed by atoms with Crippen molar-refractivity contribution >= 4 is 50.9 Å². The molecule has 10 heteroatoms. The summed E-state index contributed by atoms with van der Waals surface area (Å²) in [6.07, 6.45) is 2.79. The van der Waals surface area contributed by atoms with Crippen molar-refractivity contribution in [2.24, 2.45) is 10.9 Å². The van der Waals surface area contributed by atoms with E-state index in [1.54, 1.807) is 30.3 Å². The van der Waals surface area contributed by atoms with Crippen molar-refractivity contribution in [3.63, 3.8) is 0 Å². The highest BCUT2D eigenvalue weighted by Gasteiger charge is 2.15. The number of nitrogens with one attached hydrogen (secondary N) is 1. The maximum Gasteiger partial charge on any atom is 0.250 e. The number of nitrogen functional groups attached to an aromatic ring is 1. The topological polar surface area (TPSA) is 158 Å². The summed E-state index contributed by atoms with van der Waals surface area (Å²) in [5.41, 5.74) is 13.8. The minimum absolute atomic E-state index is 0.0649. The molecule has 0 aliphatic rings. The standard InChI is InChI=1S/C22H19ClN4O4S/c23-15-4-6-16(7-5-15)27-20(28)10-1-13-11-18(21(24)19(12-13)22(25)29)14-2-8-17(9-3-14)32(26,30)31/h1-12H,24H2,(H2,25,29)(H,27,28)(H2,26,30,31). The molecule has 0 bridgehead atoms. The lowest BCUT2D eigenvalue weighted by atomic mass is 9.96. The molecule has 164 valence electrons. The van der Waals surface area contributed by atoms with Crippen LogP contribution in [0.1, 0.15) is 15.9 Å². The van der Waals surface area contributed by atoms with Crippen molar-refractivity contribution < 1.29 is 18.0 Å². The van der Waals surface area contributed by atoms with Crippen LogP contribution in [0.15, 0.2) is 71.6 Å². The molecule has 2 amide bonds. The van der Waals surface area contributed by atoms with E-state index in [0.29, 0.717) is 27.4 Å². The first-order chi connectivity index (χ1) is 15.0. The van der Waals surface area contributed by atoms with E-state index in [1.165, 1.54) is 42.5 Å². The van der Waals surface area contributed by atoms with Crippen LogP contribution in [0.25, 0.3) is 17.2 Å². The third-order valence-electron chi connectivity index (χ3n) is 4.50. The van der Waals surface area contributed by atoms with Gasteiger partial charge in [0.15, 0.2) is 0 Å². The number of carbonyl (C=O) groups is 2. The maximum atomic E-state index is 12.2. The van der Waals surface area contributed by atoms with Crippen molar-refractivity contribution in [1.29, 1.82) is 0 Å². The smallest absolute Gasteiger partial charge is 0.250 e. The third kappa shape index (κ3) is 5.52. The fourth-order valence-corrected chi connectivity index (χ4v) is 3.57. The summed E-state index contributed by atoms with van der Waals surface area (Å²) in [5, 5.41) is 8.36. The van der Waals surface area contributed by atoms with Crippen molar-refractivity contribution in [2.75, 3.05) is 11.1 Å². The van der Waals surface area contributed by atoms with Crippen LogP contribution in [0.2, 0.25) is 5.02 Å². The average Bonchev–Trinajstić information content (AvgIpc) is 2.74. The zero-order chi connectivity index (χ0) is 23.5. The van der Waals surface area contributed by atoms with E-state index in [2.05, 4.69) is 5.32 Å². The van der Waals surface area contributed by atoms with Gasteiger partial charge < -0.3 is 16.8 Å². The van der Waals surface area contributed by atoms with Crippen LogP contribution in [-0.2, 0) is 14.8 Å². The van der Waals surface area contributed by atoms with Crippen LogP contribution in [0, 0.1) is 0 Å². The maximum absolute atomic E-state index is 12.2. The Morgan fingerprint density at radius 3 is 2.16 bits per heavy atom. The highest BCUT2D eigenvalue weighted by Crippen LogP contribution is 2.31. The highest BCUT2D eigenvalue weighted by atomic mass is 35.5. The Kier molecular flexibility index (Phi) is 6.64. The minimum atomic E-state index is -3.86. The van der Waals surface area contributed by atoms with E-state index in [1.807, 2.05) is 0 Å². The van der Waals surface area contributed by atoms with Crippen LogP contribution in [0.3, 0.4) is 0 Å². The number of primary amides is 1. The molecule has 0 unspecified atom stereocenters. The molecule has 0 saturated carbocycles. The Labute approximate surface area is 189 Å². The van der Waals surface area contributed by atoms with Gasteiger partial charge in [-0.25, -0.2) is 13.6 Å². The number of hydrogen-bond acceptors (Lipinski definition) is 5. The summed E-state index contributed by atoms with van der Waals surface area (Å²) in [6.45, 7) is 0. The summed E-state index contributed by atoms with van der Waals surface area (Å²) in [6, 6.07) is 15.4. The molecule has 8 nitrogen and oxygen atoms in total. The summed E-state index contributed by atoms with van der Waals surface area (Å²) < 4.78 is 23.0. The van der Waals surface area contributed by atoms with Crippen molar-refractivity contribution in [1.82, 2.24) is 0 Å². The molecule has 0 spiro atoms. The molecule has 0 radical (unpaired) electrons. The largest absolute Gasteiger partial charge is 0.398 e. The predicted molar refractivity (Wildman–Crippen MR) is 125 cm³/mol. The van der Waals surface area contributed by atoms with E-state index in [0.717, 1.165) is 0 Å². The Hall–Kier alpha value is -3.66. The van der Waals surface area contributed by atoms with Crippen LogP contribution >= 0.6 is 11.6 Å². The summed E-state index contributed by atoms with van der Waals surface area (Å²) in [7, 11) is -3.86. The molecular weight excluding hydrogens is 452 g/mol. The van der Waals surface area contributed by atoms with Crippen LogP contribution < -0.4 is 21.9 Å². The number of benzene rings is 3. The zero-order valence-corrected chi connectivity index (χ0v) is 18.2. The molecule has 0 saturated heterocycles. The van der Waals surface area contributed by atoms with Crippen molar-refractivity contribution in [3.05, 3.63) is 82.9 Å². The van der Waals surface area contributed by atoms with E-state index < -0.39 is 21.8 Å². The molecule has 7 N–H and O–H groups in total. The van der Waals surface area contributed by atoms with Gasteiger partial charge in [-0.15, -0.1) is 0 Å². The van der Waals surface area contributed by atoms with Gasteiger partial charge in [-0.05, 0) is 65.7 Å². The van der Waals surface area contributed by atoms with Gasteiger partial charge in [0.1, 0.15) is 0 Å². The molecule has 0 atom stereocenters. The number of carbonyl (C=O) groups excluding carboxylic acids is 2. The van der Waals surface area contributed by atoms with E-state index >= 15 is 0 Å². The minimum Gasteiger partial charge on any atom is -0.398 e. The van der Waals surface area contributed by atoms with Gasteiger partial charge in [-0.1, -0.05) is 23.7 Å². The lowest BCUT2D eigenvalue weighted by Gasteiger charge is -2.12. The van der Waals surface area contributed by atoms with E-state index in [-0.39, 0.29) is 16.1 Å². The lowest BCUT2D eigenvalue weighted by Crippen LogP contribution is -2.14. The molecule has 0 aliphatic carbocycles. The normalized spacial score (nSPS) is 11.4. The third-order valence-corrected chi connectivity index (χ3v) is 5.68. The zero-order valence-electron chi connectivity index (χ0n) is 16.6. The molecular formula is C22H19ClN4O4S. The molecule has 0 aliphatic heterocycles. The van der Waals surface area contributed by atoms with Gasteiger partial charge in [0, 0.05) is 22.3 Å². The van der Waals surface area contributed by atoms with E-state index in [9.17, 15) is 18.0 Å². The summed E-state index contributed by atoms with van der Waals surface area (Å²) in [4.78, 5) is 24.0. The van der Waals surface area contributed by atoms with Gasteiger partial charge >= 0.3 is 0 Å². The second-order valence-electron chi connectivity index (χ2n) is 6.79. The van der Waals surface area contributed by atoms with Crippen LogP contribution in [0.4, 0.5) is 11.4 Å². The number of hydrogen-bond donors (Lipinski definition) is 4. The average molecular weight is 471 g/mol. The van der Waals surface area contributed by atoms with Crippen LogP contribution in [0.5, 0.6) is 0 Å². The molecule has 3 aromatic rings. The Morgan fingerprint density at radius 1 is 0.969 bits per heavy atom. The number of amides is 2. The second kappa shape index (κ2) is 9.23. The quantitative estimate of drug-likeness (QED) is 0.321. The lowest BCUT2D eigenvalue weighted by molar-refractivity contribution is -0.111. The number of sulfonamides is 1. The summed E-state index contributed by atoms with van der Waals surface area (Å²) in [5.74, 6) is -1.14. The second-order valence-corrected chi connectivity index (χ2v) is 8.79. The number of halogens is 1. The molecule has 32 heavy (non-hydrogen) atoms. The fraction of sp³-hybridized carbons (Fsp3) is 0. The molecule has 0 aromatic heterocycles. The molecule has 3 rings (SSSR count). The SMILES string of the molecule is NC(=O)c1cc(C=CC(=O)Nc2ccc(Cl)cc2)cc(-c2ccc(S(N)(=O)=O)cc2)c1N. The number of primary sulfonamides is 1. The van der Waals surface area contributed by atoms with E-state index in [4.69, 9.17) is 28.2 Å². The monoisotopic (exact) mass is 470 g/mol. The molecule has 3 aromatic carbocycles. The Morgan fingerprint density at radius 2 is 1.59 bits per heavy atom. The van der Waals surface area contributed by atoms with Gasteiger partial charge in [0.05, 0.1) is 16.1 Å². The Bertz CT molecular complexity index is 1320. The van der Waals surface area contributed by atoms with Crippen LogP contribution in [-0.4, -0.2) is 20.2 Å². The molecule has 0 heterocycles. The number of rotatable bonds is 6.